The van der Waals surface area contributed by atoms with Crippen LogP contribution < -0.4 is 0 Å². The third-order valence-electron chi connectivity index (χ3n) is 3.17. The number of piperazine rings is 1. The van der Waals surface area contributed by atoms with E-state index in [9.17, 15) is 14.0 Å². The van der Waals surface area contributed by atoms with E-state index in [0.29, 0.717) is 31.7 Å². The van der Waals surface area contributed by atoms with Crippen molar-refractivity contribution in [2.24, 2.45) is 0 Å². The Labute approximate surface area is 120 Å². The van der Waals surface area contributed by atoms with Gasteiger partial charge in [-0.15, -0.1) is 0 Å². The van der Waals surface area contributed by atoms with Crippen molar-refractivity contribution < 1.29 is 18.7 Å². The van der Waals surface area contributed by atoms with Gasteiger partial charge in [0.25, 0.3) is 5.91 Å². The van der Waals surface area contributed by atoms with Crippen LogP contribution in [0.2, 0.25) is 5.02 Å². The average Bonchev–Trinajstić information content (AvgIpc) is 2.48. The first-order valence-corrected chi connectivity index (χ1v) is 6.48. The zero-order valence-electron chi connectivity index (χ0n) is 10.9. The smallest absolute Gasteiger partial charge is 0.409 e. The van der Waals surface area contributed by atoms with Crippen molar-refractivity contribution in [1.29, 1.82) is 0 Å². The topological polar surface area (TPSA) is 49.9 Å². The molecule has 2 rings (SSSR count). The maximum Gasteiger partial charge on any atom is 0.409 e. The molecule has 0 saturated carbocycles. The van der Waals surface area contributed by atoms with Crippen molar-refractivity contribution in [2.45, 2.75) is 0 Å². The molecule has 108 valence electrons. The van der Waals surface area contributed by atoms with Crippen molar-refractivity contribution in [1.82, 2.24) is 9.80 Å². The molecule has 0 spiro atoms. The minimum atomic E-state index is -0.557. The monoisotopic (exact) mass is 300 g/mol. The Hall–Kier alpha value is -1.82. The highest BCUT2D eigenvalue weighted by Gasteiger charge is 2.25. The Morgan fingerprint density at radius 3 is 2.35 bits per heavy atom. The lowest BCUT2D eigenvalue weighted by molar-refractivity contribution is 0.0599. The largest absolute Gasteiger partial charge is 0.453 e. The number of carbonyl (C=O) groups is 2. The van der Waals surface area contributed by atoms with E-state index < -0.39 is 11.9 Å². The first-order chi connectivity index (χ1) is 9.52. The van der Waals surface area contributed by atoms with Gasteiger partial charge < -0.3 is 14.5 Å². The highest BCUT2D eigenvalue weighted by Crippen LogP contribution is 2.18. The van der Waals surface area contributed by atoms with Gasteiger partial charge in [0, 0.05) is 31.7 Å². The lowest BCUT2D eigenvalue weighted by Gasteiger charge is -2.33. The van der Waals surface area contributed by atoms with Crippen molar-refractivity contribution in [2.75, 3.05) is 33.3 Å². The first-order valence-electron chi connectivity index (χ1n) is 6.10. The predicted molar refractivity (Wildman–Crippen MR) is 71.3 cm³/mol. The summed E-state index contributed by atoms with van der Waals surface area (Å²) in [4.78, 5) is 26.7. The van der Waals surface area contributed by atoms with Crippen LogP contribution in [0.1, 0.15) is 10.4 Å². The molecule has 0 N–H and O–H groups in total. The summed E-state index contributed by atoms with van der Waals surface area (Å²) < 4.78 is 17.7. The second kappa shape index (κ2) is 6.09. The lowest BCUT2D eigenvalue weighted by Crippen LogP contribution is -2.50. The quantitative estimate of drug-likeness (QED) is 0.797. The van der Waals surface area contributed by atoms with Gasteiger partial charge in [0.05, 0.1) is 12.1 Å². The molecule has 1 aromatic rings. The molecule has 1 fully saturated rings. The van der Waals surface area contributed by atoms with E-state index in [1.807, 2.05) is 0 Å². The van der Waals surface area contributed by atoms with Crippen molar-refractivity contribution in [3.63, 3.8) is 0 Å². The molecule has 20 heavy (non-hydrogen) atoms. The molecule has 0 radical (unpaired) electrons. The fourth-order valence-corrected chi connectivity index (χ4v) is 2.21. The Morgan fingerprint density at radius 2 is 1.80 bits per heavy atom. The maximum absolute atomic E-state index is 13.1. The van der Waals surface area contributed by atoms with Gasteiger partial charge in [-0.25, -0.2) is 9.18 Å². The standard InChI is InChI=1S/C13H14ClFN2O3/c1-20-13(19)17-6-4-16(5-7-17)12(18)9-2-3-11(15)10(14)8-9/h2-3,8H,4-7H2,1H3. The average molecular weight is 301 g/mol. The van der Waals surface area contributed by atoms with Crippen LogP contribution in [0.25, 0.3) is 0 Å². The number of hydrogen-bond acceptors (Lipinski definition) is 3. The van der Waals surface area contributed by atoms with E-state index in [-0.39, 0.29) is 10.9 Å². The van der Waals surface area contributed by atoms with Crippen LogP contribution in [0.4, 0.5) is 9.18 Å². The van der Waals surface area contributed by atoms with E-state index in [1.165, 1.54) is 30.2 Å². The summed E-state index contributed by atoms with van der Waals surface area (Å²) >= 11 is 5.67. The maximum atomic E-state index is 13.1. The SMILES string of the molecule is COC(=O)N1CCN(C(=O)c2ccc(F)c(Cl)c2)CC1. The van der Waals surface area contributed by atoms with Crippen LogP contribution in [0.15, 0.2) is 18.2 Å². The van der Waals surface area contributed by atoms with Gasteiger partial charge in [-0.1, -0.05) is 11.6 Å². The van der Waals surface area contributed by atoms with Crippen LogP contribution >= 0.6 is 11.6 Å². The highest BCUT2D eigenvalue weighted by atomic mass is 35.5. The number of carbonyl (C=O) groups excluding carboxylic acids is 2. The molecule has 7 heteroatoms. The van der Waals surface area contributed by atoms with E-state index in [2.05, 4.69) is 4.74 Å². The van der Waals surface area contributed by atoms with E-state index >= 15 is 0 Å². The molecule has 0 unspecified atom stereocenters. The van der Waals surface area contributed by atoms with E-state index in [4.69, 9.17) is 11.6 Å². The van der Waals surface area contributed by atoms with Gasteiger partial charge in [0.1, 0.15) is 5.82 Å². The number of hydrogen-bond donors (Lipinski definition) is 0. The molecular formula is C13H14ClFN2O3. The van der Waals surface area contributed by atoms with Gasteiger partial charge in [0.15, 0.2) is 0 Å². The molecule has 0 aliphatic carbocycles. The van der Waals surface area contributed by atoms with Crippen LogP contribution in [0.3, 0.4) is 0 Å². The molecule has 1 heterocycles. The summed E-state index contributed by atoms with van der Waals surface area (Å²) in [5, 5.41) is -0.0796. The molecule has 5 nitrogen and oxygen atoms in total. The van der Waals surface area contributed by atoms with Crippen LogP contribution in [0.5, 0.6) is 0 Å². The Balaban J connectivity index is 2.01. The number of methoxy groups -OCH3 is 1. The van der Waals surface area contributed by atoms with Crippen molar-refractivity contribution >= 4 is 23.6 Å². The molecular weight excluding hydrogens is 287 g/mol. The zero-order valence-corrected chi connectivity index (χ0v) is 11.7. The van der Waals surface area contributed by atoms with Gasteiger partial charge in [-0.3, -0.25) is 4.79 Å². The third kappa shape index (κ3) is 3.01. The second-order valence-corrected chi connectivity index (χ2v) is 4.79. The number of halogens is 2. The fraction of sp³-hybridized carbons (Fsp3) is 0.385. The molecule has 0 atom stereocenters. The number of ether oxygens (including phenoxy) is 1. The van der Waals surface area contributed by atoms with Crippen molar-refractivity contribution in [3.8, 4) is 0 Å². The molecule has 0 aromatic heterocycles. The van der Waals surface area contributed by atoms with Crippen LogP contribution in [-0.4, -0.2) is 55.1 Å². The fourth-order valence-electron chi connectivity index (χ4n) is 2.03. The number of amides is 2. The molecule has 1 aromatic carbocycles. The molecule has 0 bridgehead atoms. The van der Waals surface area contributed by atoms with Gasteiger partial charge in [-0.05, 0) is 18.2 Å². The minimum Gasteiger partial charge on any atom is -0.453 e. The molecule has 1 aliphatic heterocycles. The van der Waals surface area contributed by atoms with Gasteiger partial charge in [-0.2, -0.15) is 0 Å². The van der Waals surface area contributed by atoms with Crippen LogP contribution in [-0.2, 0) is 4.74 Å². The molecule has 2 amide bonds. The first kappa shape index (κ1) is 14.6. The minimum absolute atomic E-state index is 0.0796. The van der Waals surface area contributed by atoms with E-state index in [1.54, 1.807) is 4.90 Å². The van der Waals surface area contributed by atoms with Gasteiger partial charge >= 0.3 is 6.09 Å². The van der Waals surface area contributed by atoms with Gasteiger partial charge in [0.2, 0.25) is 0 Å². The molecule has 1 aliphatic rings. The normalized spacial score (nSPS) is 15.2. The third-order valence-corrected chi connectivity index (χ3v) is 3.46. The summed E-state index contributed by atoms with van der Waals surface area (Å²) in [7, 11) is 1.32. The number of nitrogens with zero attached hydrogens (tertiary/aromatic N) is 2. The predicted octanol–water partition coefficient (Wildman–Crippen LogP) is 2.00. The summed E-state index contributed by atoms with van der Waals surface area (Å²) in [5.41, 5.74) is 0.336. The molecule has 1 saturated heterocycles. The Bertz CT molecular complexity index is 530. The second-order valence-electron chi connectivity index (χ2n) is 4.38. The zero-order chi connectivity index (χ0) is 14.7. The summed E-state index contributed by atoms with van der Waals surface area (Å²) in [6.07, 6.45) is -0.401. The number of benzene rings is 1. The Morgan fingerprint density at radius 1 is 1.20 bits per heavy atom. The Kier molecular flexibility index (Phi) is 4.44. The van der Waals surface area contributed by atoms with Crippen LogP contribution in [0, 0.1) is 5.82 Å². The lowest BCUT2D eigenvalue weighted by atomic mass is 10.2. The highest BCUT2D eigenvalue weighted by molar-refractivity contribution is 6.31. The van der Waals surface area contributed by atoms with E-state index in [0.717, 1.165) is 0 Å². The summed E-state index contributed by atoms with van der Waals surface area (Å²) in [5.74, 6) is -0.782. The number of rotatable bonds is 1. The summed E-state index contributed by atoms with van der Waals surface area (Å²) in [6, 6.07) is 3.88. The van der Waals surface area contributed by atoms with Crippen molar-refractivity contribution in [3.05, 3.63) is 34.6 Å². The summed E-state index contributed by atoms with van der Waals surface area (Å²) in [6.45, 7) is 1.63.